The van der Waals surface area contributed by atoms with Gasteiger partial charge in [0, 0.05) is 16.8 Å². The Balaban J connectivity index is 2.24. The second-order valence-electron chi connectivity index (χ2n) is 4.69. The molecule has 0 saturated carbocycles. The van der Waals surface area contributed by atoms with Crippen molar-refractivity contribution in [3.05, 3.63) is 39.8 Å². The smallest absolute Gasteiger partial charge is 0.241 e. The predicted octanol–water partition coefficient (Wildman–Crippen LogP) is 2.38. The molecule has 2 rings (SSSR count). The van der Waals surface area contributed by atoms with E-state index in [0.717, 1.165) is 16.3 Å². The first-order valence-electron chi connectivity index (χ1n) is 6.10. The number of sulfonamides is 1. The number of thiazole rings is 1. The number of nitrogen functional groups attached to an aromatic ring is 1. The number of benzene rings is 1. The number of anilines is 1. The Hall–Kier alpha value is -1.44. The molecule has 0 spiro atoms. The fourth-order valence-electron chi connectivity index (χ4n) is 1.74. The summed E-state index contributed by atoms with van der Waals surface area (Å²) in [7, 11) is -3.58. The molecule has 0 fully saturated rings. The molecule has 1 aromatic carbocycles. The first kappa shape index (κ1) is 15.0. The summed E-state index contributed by atoms with van der Waals surface area (Å²) in [6.45, 7) is 5.44. The van der Waals surface area contributed by atoms with Gasteiger partial charge < -0.3 is 5.73 Å². The lowest BCUT2D eigenvalue weighted by atomic mass is 10.2. The fourth-order valence-corrected chi connectivity index (χ4v) is 3.91. The Morgan fingerprint density at radius 2 is 2.05 bits per heavy atom. The summed E-state index contributed by atoms with van der Waals surface area (Å²) in [4.78, 5) is 4.50. The third-order valence-corrected chi connectivity index (χ3v) is 5.57. The fraction of sp³-hybridized carbons (Fsp3) is 0.308. The third kappa shape index (κ3) is 3.17. The van der Waals surface area contributed by atoms with Crippen LogP contribution < -0.4 is 10.5 Å². The summed E-state index contributed by atoms with van der Waals surface area (Å²) < 4.78 is 27.3. The number of hydrogen-bond donors (Lipinski definition) is 2. The SMILES string of the molecule is Cc1csc(C(C)NS(=O)(=O)c2ccc(N)c(C)c2)n1. The molecule has 1 heterocycles. The standard InChI is InChI=1S/C13H17N3O2S2/c1-8-6-11(4-5-12(8)14)20(17,18)16-10(3)13-15-9(2)7-19-13/h4-7,10,16H,14H2,1-3H3. The highest BCUT2D eigenvalue weighted by molar-refractivity contribution is 7.89. The van der Waals surface area contributed by atoms with Gasteiger partial charge in [-0.15, -0.1) is 11.3 Å². The van der Waals surface area contributed by atoms with E-state index in [1.807, 2.05) is 12.3 Å². The monoisotopic (exact) mass is 311 g/mol. The molecule has 3 N–H and O–H groups in total. The number of hydrogen-bond acceptors (Lipinski definition) is 5. The summed E-state index contributed by atoms with van der Waals surface area (Å²) >= 11 is 1.44. The molecule has 7 heteroatoms. The highest BCUT2D eigenvalue weighted by Gasteiger charge is 2.20. The van der Waals surface area contributed by atoms with Gasteiger partial charge in [0.1, 0.15) is 5.01 Å². The van der Waals surface area contributed by atoms with Crippen LogP contribution in [0.3, 0.4) is 0 Å². The molecule has 0 aliphatic heterocycles. The first-order valence-corrected chi connectivity index (χ1v) is 8.46. The topological polar surface area (TPSA) is 85.1 Å². The van der Waals surface area contributed by atoms with E-state index in [1.165, 1.54) is 17.4 Å². The zero-order valence-electron chi connectivity index (χ0n) is 11.5. The van der Waals surface area contributed by atoms with Crippen LogP contribution in [-0.2, 0) is 10.0 Å². The van der Waals surface area contributed by atoms with Crippen molar-refractivity contribution in [2.75, 3.05) is 5.73 Å². The lowest BCUT2D eigenvalue weighted by molar-refractivity contribution is 0.566. The average Bonchev–Trinajstić information content (AvgIpc) is 2.79. The molecule has 1 aromatic heterocycles. The largest absolute Gasteiger partial charge is 0.399 e. The van der Waals surface area contributed by atoms with E-state index in [9.17, 15) is 8.42 Å². The van der Waals surface area contributed by atoms with Crippen molar-refractivity contribution in [2.45, 2.75) is 31.7 Å². The van der Waals surface area contributed by atoms with Crippen molar-refractivity contribution in [1.29, 1.82) is 0 Å². The molecule has 0 aliphatic carbocycles. The second kappa shape index (κ2) is 5.51. The molecular formula is C13H17N3O2S2. The minimum absolute atomic E-state index is 0.212. The van der Waals surface area contributed by atoms with Crippen LogP contribution in [0.25, 0.3) is 0 Å². The minimum Gasteiger partial charge on any atom is -0.399 e. The van der Waals surface area contributed by atoms with Crippen molar-refractivity contribution in [1.82, 2.24) is 9.71 Å². The molecule has 0 bridgehead atoms. The number of aromatic nitrogens is 1. The van der Waals surface area contributed by atoms with Crippen molar-refractivity contribution in [3.63, 3.8) is 0 Å². The maximum absolute atomic E-state index is 12.3. The summed E-state index contributed by atoms with van der Waals surface area (Å²) in [5.41, 5.74) is 7.91. The molecule has 1 unspecified atom stereocenters. The van der Waals surface area contributed by atoms with E-state index in [4.69, 9.17) is 5.73 Å². The van der Waals surface area contributed by atoms with E-state index >= 15 is 0 Å². The predicted molar refractivity (Wildman–Crippen MR) is 81.2 cm³/mol. The van der Waals surface area contributed by atoms with Crippen LogP contribution >= 0.6 is 11.3 Å². The number of rotatable bonds is 4. The van der Waals surface area contributed by atoms with Gasteiger partial charge >= 0.3 is 0 Å². The van der Waals surface area contributed by atoms with Crippen molar-refractivity contribution >= 4 is 27.0 Å². The van der Waals surface area contributed by atoms with E-state index in [-0.39, 0.29) is 10.9 Å². The molecule has 20 heavy (non-hydrogen) atoms. The van der Waals surface area contributed by atoms with Crippen LogP contribution in [-0.4, -0.2) is 13.4 Å². The zero-order valence-corrected chi connectivity index (χ0v) is 13.2. The normalized spacial score (nSPS) is 13.3. The summed E-state index contributed by atoms with van der Waals surface area (Å²) in [6.07, 6.45) is 0. The van der Waals surface area contributed by atoms with Crippen LogP contribution in [0.1, 0.15) is 29.2 Å². The molecule has 0 aliphatic rings. The van der Waals surface area contributed by atoms with Crippen LogP contribution in [0, 0.1) is 13.8 Å². The molecule has 108 valence electrons. The Morgan fingerprint density at radius 3 is 2.60 bits per heavy atom. The molecule has 2 aromatic rings. The Bertz CT molecular complexity index is 723. The van der Waals surface area contributed by atoms with E-state index in [0.29, 0.717) is 5.69 Å². The van der Waals surface area contributed by atoms with Gasteiger partial charge in [0.05, 0.1) is 10.9 Å². The number of nitrogens with two attached hydrogens (primary N) is 1. The van der Waals surface area contributed by atoms with E-state index < -0.39 is 10.0 Å². The maximum atomic E-state index is 12.3. The Kier molecular flexibility index (Phi) is 4.12. The molecule has 5 nitrogen and oxygen atoms in total. The van der Waals surface area contributed by atoms with Gasteiger partial charge in [-0.25, -0.2) is 18.1 Å². The third-order valence-electron chi connectivity index (χ3n) is 2.89. The van der Waals surface area contributed by atoms with Crippen LogP contribution in [0.15, 0.2) is 28.5 Å². The highest BCUT2D eigenvalue weighted by Crippen LogP contribution is 2.22. The summed E-state index contributed by atoms with van der Waals surface area (Å²) in [6, 6.07) is 4.31. The van der Waals surface area contributed by atoms with Crippen LogP contribution in [0.4, 0.5) is 5.69 Å². The molecule has 0 radical (unpaired) electrons. The summed E-state index contributed by atoms with van der Waals surface area (Å²) in [5, 5.41) is 2.64. The maximum Gasteiger partial charge on any atom is 0.241 e. The lowest BCUT2D eigenvalue weighted by Gasteiger charge is -2.13. The lowest BCUT2D eigenvalue weighted by Crippen LogP contribution is -2.27. The van der Waals surface area contributed by atoms with Crippen molar-refractivity contribution in [3.8, 4) is 0 Å². The molecular weight excluding hydrogens is 294 g/mol. The quantitative estimate of drug-likeness (QED) is 0.849. The van der Waals surface area contributed by atoms with Gasteiger partial charge in [-0.3, -0.25) is 0 Å². The van der Waals surface area contributed by atoms with E-state index in [2.05, 4.69) is 9.71 Å². The van der Waals surface area contributed by atoms with Gasteiger partial charge in [-0.05, 0) is 44.5 Å². The Labute approximate surface area is 122 Å². The highest BCUT2D eigenvalue weighted by atomic mass is 32.2. The van der Waals surface area contributed by atoms with Gasteiger partial charge in [0.2, 0.25) is 10.0 Å². The van der Waals surface area contributed by atoms with Gasteiger partial charge in [-0.1, -0.05) is 0 Å². The first-order chi connectivity index (χ1) is 9.29. The van der Waals surface area contributed by atoms with Gasteiger partial charge in [0.15, 0.2) is 0 Å². The van der Waals surface area contributed by atoms with Crippen LogP contribution in [0.5, 0.6) is 0 Å². The second-order valence-corrected chi connectivity index (χ2v) is 7.29. The molecule has 1 atom stereocenters. The average molecular weight is 311 g/mol. The summed E-state index contributed by atoms with van der Waals surface area (Å²) in [5.74, 6) is 0. The number of aryl methyl sites for hydroxylation is 2. The van der Waals surface area contributed by atoms with E-state index in [1.54, 1.807) is 26.0 Å². The Morgan fingerprint density at radius 1 is 1.35 bits per heavy atom. The van der Waals surface area contributed by atoms with Gasteiger partial charge in [-0.2, -0.15) is 0 Å². The molecule has 0 saturated heterocycles. The zero-order chi connectivity index (χ0) is 14.9. The van der Waals surface area contributed by atoms with Crippen molar-refractivity contribution < 1.29 is 8.42 Å². The van der Waals surface area contributed by atoms with Crippen molar-refractivity contribution in [2.24, 2.45) is 0 Å². The number of nitrogens with zero attached hydrogens (tertiary/aromatic N) is 1. The van der Waals surface area contributed by atoms with Gasteiger partial charge in [0.25, 0.3) is 0 Å². The number of nitrogens with one attached hydrogen (secondary N) is 1. The van der Waals surface area contributed by atoms with Crippen LogP contribution in [0.2, 0.25) is 0 Å². The molecule has 0 amide bonds. The minimum atomic E-state index is -3.58.